The Morgan fingerprint density at radius 2 is 2.15 bits per heavy atom. The van der Waals surface area contributed by atoms with Gasteiger partial charge in [0.05, 0.1) is 19.2 Å². The Bertz CT molecular complexity index is 384. The lowest BCUT2D eigenvalue weighted by Crippen LogP contribution is -2.28. The number of hydrogen-bond acceptors (Lipinski definition) is 4. The van der Waals surface area contributed by atoms with Crippen LogP contribution in [0.4, 0.5) is 0 Å². The first-order valence-corrected chi connectivity index (χ1v) is 7.72. The number of likely N-dealkylation sites (N-methyl/N-ethyl adjacent to an activating group) is 1. The SMILES string of the molecule is CC(C)CNCc1ccc(CN(C)CC2CCCO2)o1. The number of hydrogen-bond donors (Lipinski definition) is 1. The molecule has 1 aliphatic rings. The van der Waals surface area contributed by atoms with E-state index in [1.165, 1.54) is 12.8 Å². The standard InChI is InChI=1S/C16H28N2O2/c1-13(2)9-17-10-14-6-7-16(20-14)12-18(3)11-15-5-4-8-19-15/h6-7,13,15,17H,4-5,8-12H2,1-3H3. The summed E-state index contributed by atoms with van der Waals surface area (Å²) in [5.74, 6) is 2.72. The van der Waals surface area contributed by atoms with Crippen molar-refractivity contribution in [1.29, 1.82) is 0 Å². The number of rotatable bonds is 8. The minimum absolute atomic E-state index is 0.405. The van der Waals surface area contributed by atoms with Crippen molar-refractivity contribution in [3.8, 4) is 0 Å². The van der Waals surface area contributed by atoms with E-state index in [4.69, 9.17) is 9.15 Å². The molecule has 1 N–H and O–H groups in total. The van der Waals surface area contributed by atoms with Crippen LogP contribution in [0.3, 0.4) is 0 Å². The summed E-state index contributed by atoms with van der Waals surface area (Å²) in [6.07, 6.45) is 2.79. The minimum Gasteiger partial charge on any atom is -0.463 e. The van der Waals surface area contributed by atoms with Crippen molar-refractivity contribution >= 4 is 0 Å². The molecular weight excluding hydrogens is 252 g/mol. The molecule has 0 spiro atoms. The van der Waals surface area contributed by atoms with Gasteiger partial charge < -0.3 is 14.5 Å². The fourth-order valence-electron chi connectivity index (χ4n) is 2.55. The maximum absolute atomic E-state index is 5.86. The number of nitrogens with one attached hydrogen (secondary N) is 1. The molecule has 0 aliphatic carbocycles. The van der Waals surface area contributed by atoms with Crippen LogP contribution < -0.4 is 5.32 Å². The van der Waals surface area contributed by atoms with Gasteiger partial charge in [0.15, 0.2) is 0 Å². The van der Waals surface area contributed by atoms with Crippen LogP contribution in [-0.2, 0) is 17.8 Å². The fourth-order valence-corrected chi connectivity index (χ4v) is 2.55. The fraction of sp³-hybridized carbons (Fsp3) is 0.750. The van der Waals surface area contributed by atoms with Crippen molar-refractivity contribution in [2.75, 3.05) is 26.7 Å². The van der Waals surface area contributed by atoms with Gasteiger partial charge in [0.1, 0.15) is 11.5 Å². The predicted octanol–water partition coefficient (Wildman–Crippen LogP) is 2.64. The Morgan fingerprint density at radius 3 is 2.85 bits per heavy atom. The molecule has 1 saturated heterocycles. The molecule has 0 radical (unpaired) electrons. The van der Waals surface area contributed by atoms with E-state index in [-0.39, 0.29) is 0 Å². The molecule has 0 saturated carbocycles. The third-order valence-corrected chi connectivity index (χ3v) is 3.53. The lowest BCUT2D eigenvalue weighted by atomic mass is 10.2. The lowest BCUT2D eigenvalue weighted by Gasteiger charge is -2.19. The molecule has 1 unspecified atom stereocenters. The van der Waals surface area contributed by atoms with Gasteiger partial charge in [-0.05, 0) is 44.5 Å². The summed E-state index contributed by atoms with van der Waals surface area (Å²) < 4.78 is 11.5. The van der Waals surface area contributed by atoms with Gasteiger partial charge in [-0.15, -0.1) is 0 Å². The highest BCUT2D eigenvalue weighted by atomic mass is 16.5. The first-order chi connectivity index (χ1) is 9.63. The molecule has 0 aromatic carbocycles. The molecule has 114 valence electrons. The molecular formula is C16H28N2O2. The second kappa shape index (κ2) is 7.81. The normalized spacial score (nSPS) is 19.4. The van der Waals surface area contributed by atoms with Gasteiger partial charge in [-0.25, -0.2) is 0 Å². The molecule has 1 aromatic heterocycles. The second-order valence-electron chi connectivity index (χ2n) is 6.22. The van der Waals surface area contributed by atoms with Crippen molar-refractivity contribution in [3.63, 3.8) is 0 Å². The largest absolute Gasteiger partial charge is 0.463 e. The van der Waals surface area contributed by atoms with Crippen molar-refractivity contribution < 1.29 is 9.15 Å². The second-order valence-corrected chi connectivity index (χ2v) is 6.22. The number of nitrogens with zero attached hydrogens (tertiary/aromatic N) is 1. The zero-order chi connectivity index (χ0) is 14.4. The summed E-state index contributed by atoms with van der Waals surface area (Å²) in [5, 5.41) is 3.40. The van der Waals surface area contributed by atoms with Crippen molar-refractivity contribution in [3.05, 3.63) is 23.7 Å². The van der Waals surface area contributed by atoms with Gasteiger partial charge in [0, 0.05) is 13.2 Å². The van der Waals surface area contributed by atoms with Gasteiger partial charge in [-0.3, -0.25) is 4.90 Å². The third kappa shape index (κ3) is 5.27. The quantitative estimate of drug-likeness (QED) is 0.794. The Hall–Kier alpha value is -0.840. The first-order valence-electron chi connectivity index (χ1n) is 7.72. The van der Waals surface area contributed by atoms with E-state index in [1.807, 2.05) is 0 Å². The summed E-state index contributed by atoms with van der Waals surface area (Å²) in [7, 11) is 2.13. The average molecular weight is 280 g/mol. The number of furan rings is 1. The summed E-state index contributed by atoms with van der Waals surface area (Å²) in [6, 6.07) is 4.15. The van der Waals surface area contributed by atoms with E-state index >= 15 is 0 Å². The minimum atomic E-state index is 0.405. The summed E-state index contributed by atoms with van der Waals surface area (Å²) in [5.41, 5.74) is 0. The van der Waals surface area contributed by atoms with Crippen LogP contribution >= 0.6 is 0 Å². The monoisotopic (exact) mass is 280 g/mol. The van der Waals surface area contributed by atoms with Crippen LogP contribution in [-0.4, -0.2) is 37.7 Å². The molecule has 1 aliphatic heterocycles. The van der Waals surface area contributed by atoms with Crippen LogP contribution in [0.2, 0.25) is 0 Å². The maximum Gasteiger partial charge on any atom is 0.118 e. The van der Waals surface area contributed by atoms with Gasteiger partial charge in [-0.1, -0.05) is 13.8 Å². The van der Waals surface area contributed by atoms with E-state index in [1.54, 1.807) is 0 Å². The highest BCUT2D eigenvalue weighted by molar-refractivity contribution is 5.07. The van der Waals surface area contributed by atoms with E-state index in [0.29, 0.717) is 12.0 Å². The molecule has 2 rings (SSSR count). The summed E-state index contributed by atoms with van der Waals surface area (Å²) >= 11 is 0. The van der Waals surface area contributed by atoms with Gasteiger partial charge >= 0.3 is 0 Å². The molecule has 4 nitrogen and oxygen atoms in total. The molecule has 1 fully saturated rings. The van der Waals surface area contributed by atoms with Crippen molar-refractivity contribution in [2.24, 2.45) is 5.92 Å². The molecule has 4 heteroatoms. The smallest absolute Gasteiger partial charge is 0.118 e. The van der Waals surface area contributed by atoms with Crippen LogP contribution in [0.25, 0.3) is 0 Å². The van der Waals surface area contributed by atoms with Gasteiger partial charge in [0.25, 0.3) is 0 Å². The van der Waals surface area contributed by atoms with E-state index in [2.05, 4.69) is 43.2 Å². The van der Waals surface area contributed by atoms with E-state index in [0.717, 1.165) is 44.3 Å². The zero-order valence-corrected chi connectivity index (χ0v) is 13.0. The lowest BCUT2D eigenvalue weighted by molar-refractivity contribution is 0.0773. The molecule has 1 atom stereocenters. The van der Waals surface area contributed by atoms with Crippen LogP contribution in [0.1, 0.15) is 38.2 Å². The molecule has 0 bridgehead atoms. The Balaban J connectivity index is 1.71. The molecule has 2 heterocycles. The topological polar surface area (TPSA) is 37.6 Å². The highest BCUT2D eigenvalue weighted by Gasteiger charge is 2.17. The van der Waals surface area contributed by atoms with Gasteiger partial charge in [-0.2, -0.15) is 0 Å². The molecule has 1 aromatic rings. The summed E-state index contributed by atoms with van der Waals surface area (Å²) in [6.45, 7) is 9.01. The average Bonchev–Trinajstić information content (AvgIpc) is 3.01. The van der Waals surface area contributed by atoms with Crippen LogP contribution in [0.15, 0.2) is 16.5 Å². The Morgan fingerprint density at radius 1 is 1.35 bits per heavy atom. The molecule has 20 heavy (non-hydrogen) atoms. The summed E-state index contributed by atoms with van der Waals surface area (Å²) in [4.78, 5) is 2.28. The first kappa shape index (κ1) is 15.5. The molecule has 0 amide bonds. The Kier molecular flexibility index (Phi) is 6.07. The van der Waals surface area contributed by atoms with E-state index in [9.17, 15) is 0 Å². The third-order valence-electron chi connectivity index (χ3n) is 3.53. The van der Waals surface area contributed by atoms with Gasteiger partial charge in [0.2, 0.25) is 0 Å². The van der Waals surface area contributed by atoms with E-state index < -0.39 is 0 Å². The highest BCUT2D eigenvalue weighted by Crippen LogP contribution is 2.15. The van der Waals surface area contributed by atoms with Crippen molar-refractivity contribution in [1.82, 2.24) is 10.2 Å². The maximum atomic E-state index is 5.86. The Labute approximate surface area is 122 Å². The van der Waals surface area contributed by atoms with Crippen LogP contribution in [0, 0.1) is 5.92 Å². The zero-order valence-electron chi connectivity index (χ0n) is 13.0. The number of ether oxygens (including phenoxy) is 1. The van der Waals surface area contributed by atoms with Crippen molar-refractivity contribution in [2.45, 2.75) is 45.9 Å². The predicted molar refractivity (Wildman–Crippen MR) is 80.6 cm³/mol. The van der Waals surface area contributed by atoms with Crippen LogP contribution in [0.5, 0.6) is 0 Å².